The van der Waals surface area contributed by atoms with Crippen LogP contribution in [-0.2, 0) is 21.6 Å². The average Bonchev–Trinajstić information content (AvgIpc) is 3.29. The van der Waals surface area contributed by atoms with Crippen LogP contribution in [0, 0.1) is 5.92 Å². The fourth-order valence-corrected chi connectivity index (χ4v) is 6.15. The van der Waals surface area contributed by atoms with E-state index in [1.807, 2.05) is 49.4 Å². The summed E-state index contributed by atoms with van der Waals surface area (Å²) in [5.74, 6) is 0.819. The Hall–Kier alpha value is -3.19. The number of carbonyl (C=O) groups is 2. The molecule has 0 radical (unpaired) electrons. The Morgan fingerprint density at radius 1 is 1.11 bits per heavy atom. The van der Waals surface area contributed by atoms with Crippen molar-refractivity contribution in [2.45, 2.75) is 77.0 Å². The highest BCUT2D eigenvalue weighted by atomic mass is 16.5. The number of imidazole rings is 1. The molecular formula is C29H35N3O4. The van der Waals surface area contributed by atoms with Crippen LogP contribution in [0.5, 0.6) is 0 Å². The number of nitrogens with zero attached hydrogens (tertiary/aromatic N) is 3. The monoisotopic (exact) mass is 489 g/mol. The second kappa shape index (κ2) is 9.36. The molecule has 0 spiro atoms. The molecule has 2 aromatic carbocycles. The lowest BCUT2D eigenvalue weighted by Crippen LogP contribution is -2.42. The molecule has 1 aliphatic carbocycles. The van der Waals surface area contributed by atoms with Crippen LogP contribution in [0.4, 0.5) is 10.5 Å². The summed E-state index contributed by atoms with van der Waals surface area (Å²) in [6, 6.07) is 13.7. The first-order valence-electron chi connectivity index (χ1n) is 12.9. The van der Waals surface area contributed by atoms with Gasteiger partial charge in [0.15, 0.2) is 0 Å². The molecular weight excluding hydrogens is 454 g/mol. The first kappa shape index (κ1) is 24.5. The van der Waals surface area contributed by atoms with Gasteiger partial charge in [0.05, 0.1) is 23.8 Å². The number of benzene rings is 2. The summed E-state index contributed by atoms with van der Waals surface area (Å²) >= 11 is 0. The second-order valence-corrected chi connectivity index (χ2v) is 10.5. The smallest absolute Gasteiger partial charge is 0.414 e. The lowest BCUT2D eigenvalue weighted by molar-refractivity contribution is -0.122. The molecule has 2 heterocycles. The van der Waals surface area contributed by atoms with Gasteiger partial charge in [0.2, 0.25) is 0 Å². The first-order chi connectivity index (χ1) is 17.2. The maximum atomic E-state index is 12.6. The molecule has 5 rings (SSSR count). The van der Waals surface area contributed by atoms with Gasteiger partial charge in [0.1, 0.15) is 17.2 Å². The number of aliphatic hydroxyl groups is 1. The summed E-state index contributed by atoms with van der Waals surface area (Å²) in [5, 5.41) is 11.9. The molecule has 36 heavy (non-hydrogen) atoms. The van der Waals surface area contributed by atoms with E-state index in [0.29, 0.717) is 5.82 Å². The number of Topliss-reactive ketones (excluding diaryl/α,β-unsaturated/α-hetero) is 1. The maximum absolute atomic E-state index is 12.6. The van der Waals surface area contributed by atoms with Crippen molar-refractivity contribution in [3.63, 3.8) is 0 Å². The molecule has 1 fully saturated rings. The maximum Gasteiger partial charge on any atom is 0.414 e. The molecule has 1 amide bonds. The fraction of sp³-hybridized carbons (Fsp3) is 0.483. The molecule has 1 aromatic heterocycles. The van der Waals surface area contributed by atoms with Crippen molar-refractivity contribution in [3.05, 3.63) is 59.4 Å². The van der Waals surface area contributed by atoms with Crippen molar-refractivity contribution >= 4 is 28.6 Å². The summed E-state index contributed by atoms with van der Waals surface area (Å²) < 4.78 is 7.27. The van der Waals surface area contributed by atoms with Gasteiger partial charge in [-0.15, -0.1) is 0 Å². The second-order valence-electron chi connectivity index (χ2n) is 10.5. The molecule has 1 saturated carbocycles. The van der Waals surface area contributed by atoms with Crippen molar-refractivity contribution in [3.8, 4) is 0 Å². The van der Waals surface area contributed by atoms with Gasteiger partial charge in [-0.3, -0.25) is 9.69 Å². The average molecular weight is 490 g/mol. The number of ketones is 1. The summed E-state index contributed by atoms with van der Waals surface area (Å²) in [7, 11) is 1.40. The summed E-state index contributed by atoms with van der Waals surface area (Å²) in [5.41, 5.74) is 2.99. The van der Waals surface area contributed by atoms with E-state index in [0.717, 1.165) is 66.4 Å². The van der Waals surface area contributed by atoms with Crippen LogP contribution < -0.4 is 4.90 Å². The van der Waals surface area contributed by atoms with Crippen molar-refractivity contribution in [2.24, 2.45) is 5.92 Å². The fourth-order valence-electron chi connectivity index (χ4n) is 6.15. The Kier molecular flexibility index (Phi) is 6.37. The highest BCUT2D eigenvalue weighted by Crippen LogP contribution is 2.43. The Labute approximate surface area is 212 Å². The molecule has 2 aliphatic rings. The topological polar surface area (TPSA) is 84.7 Å². The zero-order valence-corrected chi connectivity index (χ0v) is 21.5. The van der Waals surface area contributed by atoms with Crippen LogP contribution in [0.1, 0.15) is 75.9 Å². The molecule has 1 aliphatic heterocycles. The van der Waals surface area contributed by atoms with Crippen molar-refractivity contribution in [1.29, 1.82) is 0 Å². The Morgan fingerprint density at radius 3 is 2.56 bits per heavy atom. The van der Waals surface area contributed by atoms with Crippen LogP contribution >= 0.6 is 0 Å². The summed E-state index contributed by atoms with van der Waals surface area (Å²) in [4.78, 5) is 31.8. The molecule has 4 atom stereocenters. The third kappa shape index (κ3) is 3.99. The molecule has 0 saturated heterocycles. The van der Waals surface area contributed by atoms with E-state index in [-0.39, 0.29) is 29.9 Å². The number of hydrogen-bond donors (Lipinski definition) is 1. The van der Waals surface area contributed by atoms with E-state index < -0.39 is 5.60 Å². The van der Waals surface area contributed by atoms with Crippen LogP contribution in [0.3, 0.4) is 0 Å². The van der Waals surface area contributed by atoms with Gasteiger partial charge in [-0.05, 0) is 70.6 Å². The van der Waals surface area contributed by atoms with E-state index in [9.17, 15) is 14.7 Å². The Balaban J connectivity index is 1.73. The van der Waals surface area contributed by atoms with Gasteiger partial charge in [0, 0.05) is 23.6 Å². The molecule has 7 nitrogen and oxygen atoms in total. The van der Waals surface area contributed by atoms with E-state index >= 15 is 0 Å². The van der Waals surface area contributed by atoms with E-state index in [4.69, 9.17) is 9.72 Å². The van der Waals surface area contributed by atoms with Crippen molar-refractivity contribution < 1.29 is 19.4 Å². The Morgan fingerprint density at radius 2 is 1.86 bits per heavy atom. The molecule has 0 unspecified atom stereocenters. The van der Waals surface area contributed by atoms with Crippen LogP contribution in [-0.4, -0.2) is 39.7 Å². The van der Waals surface area contributed by atoms with Gasteiger partial charge in [-0.25, -0.2) is 9.78 Å². The molecule has 0 bridgehead atoms. The zero-order valence-electron chi connectivity index (χ0n) is 21.5. The predicted molar refractivity (Wildman–Crippen MR) is 139 cm³/mol. The van der Waals surface area contributed by atoms with Crippen LogP contribution in [0.2, 0.25) is 0 Å². The number of hydrogen-bond acceptors (Lipinski definition) is 5. The number of ether oxygens (including phenoxy) is 1. The quantitative estimate of drug-likeness (QED) is 0.522. The zero-order chi connectivity index (χ0) is 25.6. The van der Waals surface area contributed by atoms with Crippen molar-refractivity contribution in [1.82, 2.24) is 9.55 Å². The largest absolute Gasteiger partial charge is 0.452 e. The van der Waals surface area contributed by atoms with E-state index in [1.165, 1.54) is 7.11 Å². The van der Waals surface area contributed by atoms with E-state index in [1.54, 1.807) is 18.7 Å². The molecule has 7 heteroatoms. The number of carbonyl (C=O) groups excluding carboxylic acids is 2. The van der Waals surface area contributed by atoms with E-state index in [2.05, 4.69) is 4.57 Å². The lowest BCUT2D eigenvalue weighted by Gasteiger charge is -2.34. The molecule has 1 N–H and O–H groups in total. The SMILES string of the molecule is COC(=O)N1c2ccc3c(nc([C@@](C)(O)c4ccccc4)n3[C@@H]3CCC[C@@H](C(C)=O)C3)c2CC[C@@H]1C. The van der Waals surface area contributed by atoms with Crippen LogP contribution in [0.25, 0.3) is 11.0 Å². The standard InChI is InChI=1S/C29H35N3O4/c1-18-13-14-23-24(31(18)28(34)36-4)15-16-25-26(23)30-27(29(3,35)21-10-6-5-7-11-21)32(25)22-12-8-9-20(17-22)19(2)33/h5-7,10-11,15-16,18,20,22,35H,8-9,12-14,17H2,1-4H3/t18-,20+,22+,29-/m0/s1. The number of fused-ring (bicyclic) bond motifs is 3. The number of anilines is 1. The van der Waals surface area contributed by atoms with Crippen LogP contribution in [0.15, 0.2) is 42.5 Å². The number of aryl methyl sites for hydroxylation is 1. The number of methoxy groups -OCH3 is 1. The van der Waals surface area contributed by atoms with Gasteiger partial charge in [-0.2, -0.15) is 0 Å². The van der Waals surface area contributed by atoms with Gasteiger partial charge in [0.25, 0.3) is 0 Å². The highest BCUT2D eigenvalue weighted by molar-refractivity contribution is 5.95. The minimum absolute atomic E-state index is 0.0176. The minimum atomic E-state index is -1.33. The predicted octanol–water partition coefficient (Wildman–Crippen LogP) is 5.52. The van der Waals surface area contributed by atoms with Gasteiger partial charge >= 0.3 is 6.09 Å². The highest BCUT2D eigenvalue weighted by Gasteiger charge is 2.38. The minimum Gasteiger partial charge on any atom is -0.452 e. The number of aromatic nitrogens is 2. The first-order valence-corrected chi connectivity index (χ1v) is 12.9. The summed E-state index contributed by atoms with van der Waals surface area (Å²) in [6.07, 6.45) is 4.73. The lowest BCUT2D eigenvalue weighted by atomic mass is 9.83. The molecule has 190 valence electrons. The van der Waals surface area contributed by atoms with Crippen molar-refractivity contribution in [2.75, 3.05) is 12.0 Å². The Bertz CT molecular complexity index is 1300. The number of rotatable bonds is 4. The third-order valence-corrected chi connectivity index (χ3v) is 8.18. The molecule has 3 aromatic rings. The normalized spacial score (nSPS) is 23.7. The van der Waals surface area contributed by atoms with Gasteiger partial charge < -0.3 is 14.4 Å². The summed E-state index contributed by atoms with van der Waals surface area (Å²) in [6.45, 7) is 5.50. The van der Waals surface area contributed by atoms with Gasteiger partial charge in [-0.1, -0.05) is 36.8 Å². The number of amides is 1. The third-order valence-electron chi connectivity index (χ3n) is 8.18.